The SMILES string of the molecule is COC(=O)c1c(-c2cccc(OC)c2OCCN2CCOCC2)nn(-c2ccccc2)c1C(=O)OC. The van der Waals surface area contributed by atoms with Crippen LogP contribution in [0, 0.1) is 0 Å². The molecule has 2 aromatic carbocycles. The fourth-order valence-electron chi connectivity index (χ4n) is 4.06. The molecular weight excluding hydrogens is 466 g/mol. The average molecular weight is 496 g/mol. The number of para-hydroxylation sites is 2. The molecule has 0 atom stereocenters. The average Bonchev–Trinajstić information content (AvgIpc) is 3.33. The van der Waals surface area contributed by atoms with Gasteiger partial charge in [0.15, 0.2) is 17.2 Å². The monoisotopic (exact) mass is 495 g/mol. The van der Waals surface area contributed by atoms with Crippen LogP contribution in [0.4, 0.5) is 0 Å². The van der Waals surface area contributed by atoms with Crippen LogP contribution in [0.5, 0.6) is 11.5 Å². The third kappa shape index (κ3) is 5.19. The summed E-state index contributed by atoms with van der Waals surface area (Å²) in [7, 11) is 4.03. The van der Waals surface area contributed by atoms with Gasteiger partial charge in [0, 0.05) is 25.2 Å². The van der Waals surface area contributed by atoms with E-state index in [-0.39, 0.29) is 17.0 Å². The van der Waals surface area contributed by atoms with E-state index >= 15 is 0 Å². The maximum Gasteiger partial charge on any atom is 0.357 e. The minimum absolute atomic E-state index is 0.0283. The van der Waals surface area contributed by atoms with Crippen LogP contribution < -0.4 is 9.47 Å². The van der Waals surface area contributed by atoms with Crippen molar-refractivity contribution in [3.8, 4) is 28.4 Å². The zero-order valence-electron chi connectivity index (χ0n) is 20.6. The molecule has 0 spiro atoms. The normalized spacial score (nSPS) is 13.8. The van der Waals surface area contributed by atoms with Crippen molar-refractivity contribution in [2.75, 3.05) is 60.8 Å². The van der Waals surface area contributed by atoms with Gasteiger partial charge in [0.1, 0.15) is 17.9 Å². The number of carbonyl (C=O) groups is 2. The molecule has 1 fully saturated rings. The van der Waals surface area contributed by atoms with Gasteiger partial charge in [-0.3, -0.25) is 4.90 Å². The van der Waals surface area contributed by atoms with E-state index < -0.39 is 11.9 Å². The fraction of sp³-hybridized carbons (Fsp3) is 0.346. The van der Waals surface area contributed by atoms with Gasteiger partial charge in [0.25, 0.3) is 0 Å². The molecule has 1 saturated heterocycles. The van der Waals surface area contributed by atoms with Crippen molar-refractivity contribution in [1.82, 2.24) is 14.7 Å². The molecule has 36 heavy (non-hydrogen) atoms. The Bertz CT molecular complexity index is 1200. The lowest BCUT2D eigenvalue weighted by atomic mass is 10.0. The van der Waals surface area contributed by atoms with E-state index in [1.54, 1.807) is 42.5 Å². The summed E-state index contributed by atoms with van der Waals surface area (Å²) in [5.41, 5.74) is 1.20. The maximum absolute atomic E-state index is 13.0. The molecule has 1 aliphatic rings. The van der Waals surface area contributed by atoms with Crippen LogP contribution >= 0.6 is 0 Å². The molecule has 0 aliphatic carbocycles. The van der Waals surface area contributed by atoms with Crippen molar-refractivity contribution < 1.29 is 33.3 Å². The Morgan fingerprint density at radius 3 is 2.33 bits per heavy atom. The Morgan fingerprint density at radius 1 is 0.944 bits per heavy atom. The Morgan fingerprint density at radius 2 is 1.67 bits per heavy atom. The van der Waals surface area contributed by atoms with Gasteiger partial charge in [-0.05, 0) is 24.3 Å². The van der Waals surface area contributed by atoms with Crippen molar-refractivity contribution in [2.24, 2.45) is 0 Å². The van der Waals surface area contributed by atoms with E-state index in [9.17, 15) is 9.59 Å². The number of hydrogen-bond acceptors (Lipinski definition) is 9. The molecule has 3 aromatic rings. The number of carbonyl (C=O) groups excluding carboxylic acids is 2. The number of hydrogen-bond donors (Lipinski definition) is 0. The highest BCUT2D eigenvalue weighted by Crippen LogP contribution is 2.40. The van der Waals surface area contributed by atoms with E-state index in [4.69, 9.17) is 23.7 Å². The quantitative estimate of drug-likeness (QED) is 0.415. The second-order valence-electron chi connectivity index (χ2n) is 7.94. The first-order chi connectivity index (χ1) is 17.6. The van der Waals surface area contributed by atoms with Crippen LogP contribution in [0.1, 0.15) is 20.8 Å². The number of aromatic nitrogens is 2. The predicted octanol–water partition coefficient (Wildman–Crippen LogP) is 2.83. The lowest BCUT2D eigenvalue weighted by Crippen LogP contribution is -2.38. The van der Waals surface area contributed by atoms with Gasteiger partial charge in [0.05, 0.1) is 40.2 Å². The zero-order chi connectivity index (χ0) is 25.5. The lowest BCUT2D eigenvalue weighted by Gasteiger charge is -2.26. The van der Waals surface area contributed by atoms with Crippen LogP contribution in [0.3, 0.4) is 0 Å². The van der Waals surface area contributed by atoms with Gasteiger partial charge in [-0.2, -0.15) is 5.10 Å². The summed E-state index contributed by atoms with van der Waals surface area (Å²) in [6, 6.07) is 14.3. The summed E-state index contributed by atoms with van der Waals surface area (Å²) in [6.07, 6.45) is 0. The number of ether oxygens (including phenoxy) is 5. The minimum Gasteiger partial charge on any atom is -0.493 e. The number of nitrogens with zero attached hydrogens (tertiary/aromatic N) is 3. The van der Waals surface area contributed by atoms with Crippen molar-refractivity contribution in [2.45, 2.75) is 0 Å². The first-order valence-electron chi connectivity index (χ1n) is 11.5. The van der Waals surface area contributed by atoms with Crippen molar-refractivity contribution in [1.29, 1.82) is 0 Å². The number of morpholine rings is 1. The van der Waals surface area contributed by atoms with Crippen LogP contribution in [0.2, 0.25) is 0 Å². The summed E-state index contributed by atoms with van der Waals surface area (Å²) in [6.45, 7) is 4.11. The Kier molecular flexibility index (Phi) is 8.19. The molecule has 0 saturated carbocycles. The molecule has 10 nitrogen and oxygen atoms in total. The fourth-order valence-corrected chi connectivity index (χ4v) is 4.06. The molecule has 0 N–H and O–H groups in total. The highest BCUT2D eigenvalue weighted by molar-refractivity contribution is 6.07. The standard InChI is InChI=1S/C26H29N3O7/c1-32-20-11-7-10-19(24(20)36-17-14-28-12-15-35-16-13-28)22-21(25(30)33-2)23(26(31)34-3)29(27-22)18-8-5-4-6-9-18/h4-11H,12-17H2,1-3H3. The van der Waals surface area contributed by atoms with E-state index in [1.807, 2.05) is 6.07 Å². The van der Waals surface area contributed by atoms with Crippen molar-refractivity contribution in [3.05, 3.63) is 59.8 Å². The molecule has 1 aliphatic heterocycles. The van der Waals surface area contributed by atoms with Gasteiger partial charge < -0.3 is 23.7 Å². The van der Waals surface area contributed by atoms with E-state index in [2.05, 4.69) is 10.00 Å². The highest BCUT2D eigenvalue weighted by atomic mass is 16.5. The zero-order valence-corrected chi connectivity index (χ0v) is 20.6. The van der Waals surface area contributed by atoms with Crippen LogP contribution in [0.15, 0.2) is 48.5 Å². The molecule has 4 rings (SSSR count). The van der Waals surface area contributed by atoms with E-state index in [1.165, 1.54) is 26.0 Å². The number of esters is 2. The van der Waals surface area contributed by atoms with Gasteiger partial charge in [-0.25, -0.2) is 14.3 Å². The highest BCUT2D eigenvalue weighted by Gasteiger charge is 2.33. The first-order valence-corrected chi connectivity index (χ1v) is 11.5. The van der Waals surface area contributed by atoms with E-state index in [0.717, 1.165) is 13.1 Å². The molecular formula is C26H29N3O7. The van der Waals surface area contributed by atoms with Crippen LogP contribution in [-0.4, -0.2) is 87.4 Å². The molecule has 0 bridgehead atoms. The third-order valence-electron chi connectivity index (χ3n) is 5.87. The van der Waals surface area contributed by atoms with Gasteiger partial charge in [-0.1, -0.05) is 24.3 Å². The van der Waals surface area contributed by atoms with Crippen LogP contribution in [-0.2, 0) is 14.2 Å². The molecule has 0 amide bonds. The summed E-state index contributed by atoms with van der Waals surface area (Å²) < 4.78 is 28.6. The first kappa shape index (κ1) is 25.2. The molecule has 190 valence electrons. The lowest BCUT2D eigenvalue weighted by molar-refractivity contribution is 0.0321. The number of methoxy groups -OCH3 is 3. The van der Waals surface area contributed by atoms with Gasteiger partial charge >= 0.3 is 11.9 Å². The second kappa shape index (κ2) is 11.7. The minimum atomic E-state index is -0.727. The number of benzene rings is 2. The van der Waals surface area contributed by atoms with Gasteiger partial charge in [-0.15, -0.1) is 0 Å². The topological polar surface area (TPSA) is 101 Å². The molecule has 0 radical (unpaired) electrons. The van der Waals surface area contributed by atoms with E-state index in [0.29, 0.717) is 49.1 Å². The van der Waals surface area contributed by atoms with Gasteiger partial charge in [0.2, 0.25) is 0 Å². The summed E-state index contributed by atoms with van der Waals surface area (Å²) in [5, 5.41) is 4.68. The third-order valence-corrected chi connectivity index (χ3v) is 5.87. The summed E-state index contributed by atoms with van der Waals surface area (Å²) >= 11 is 0. The second-order valence-corrected chi connectivity index (χ2v) is 7.94. The summed E-state index contributed by atoms with van der Waals surface area (Å²) in [4.78, 5) is 28.1. The largest absolute Gasteiger partial charge is 0.493 e. The molecule has 1 aromatic heterocycles. The smallest absolute Gasteiger partial charge is 0.357 e. The predicted molar refractivity (Wildman–Crippen MR) is 131 cm³/mol. The van der Waals surface area contributed by atoms with Crippen LogP contribution in [0.25, 0.3) is 16.9 Å². The van der Waals surface area contributed by atoms with Crippen molar-refractivity contribution in [3.63, 3.8) is 0 Å². The Labute approximate surface area is 209 Å². The molecule has 0 unspecified atom stereocenters. The van der Waals surface area contributed by atoms with Crippen molar-refractivity contribution >= 4 is 11.9 Å². The Balaban J connectivity index is 1.83. The molecule has 10 heteroatoms. The number of rotatable bonds is 9. The molecule has 2 heterocycles. The maximum atomic E-state index is 13.0. The Hall–Kier alpha value is -3.89. The summed E-state index contributed by atoms with van der Waals surface area (Å²) in [5.74, 6) is -0.572.